The van der Waals surface area contributed by atoms with Crippen LogP contribution in [0.3, 0.4) is 0 Å². The van der Waals surface area contributed by atoms with E-state index in [2.05, 4.69) is 14.3 Å². The smallest absolute Gasteiger partial charge is 0.279 e. The van der Waals surface area contributed by atoms with Crippen molar-refractivity contribution in [1.29, 1.82) is 5.26 Å². The van der Waals surface area contributed by atoms with Gasteiger partial charge in [0, 0.05) is 19.1 Å². The van der Waals surface area contributed by atoms with Gasteiger partial charge in [0.1, 0.15) is 5.82 Å². The number of nitrogens with one attached hydrogen (secondary N) is 1. The first-order valence-corrected chi connectivity index (χ1v) is 9.43. The van der Waals surface area contributed by atoms with Crippen molar-refractivity contribution < 1.29 is 8.42 Å². The molecule has 1 aromatic heterocycles. The van der Waals surface area contributed by atoms with Crippen molar-refractivity contribution in [2.75, 3.05) is 7.05 Å². The number of nitrogens with zero attached hydrogens (tertiary/aromatic N) is 4. The van der Waals surface area contributed by atoms with Crippen molar-refractivity contribution in [2.45, 2.75) is 44.8 Å². The summed E-state index contributed by atoms with van der Waals surface area (Å²) in [4.78, 5) is 4.58. The summed E-state index contributed by atoms with van der Waals surface area (Å²) in [6, 6.07) is 9.87. The molecule has 1 aliphatic rings. The van der Waals surface area contributed by atoms with Crippen LogP contribution < -0.4 is 4.72 Å². The second-order valence-corrected chi connectivity index (χ2v) is 7.99. The lowest BCUT2D eigenvalue weighted by molar-refractivity contribution is 0.385. The SMILES string of the molecule is C[C@H](CC#N)N(C)S(=O)(=O)NCc1nc2ccccc2n1C1CC1. The van der Waals surface area contributed by atoms with Crippen molar-refractivity contribution in [3.8, 4) is 6.07 Å². The third kappa shape index (κ3) is 3.29. The van der Waals surface area contributed by atoms with Gasteiger partial charge in [-0.2, -0.15) is 22.7 Å². The lowest BCUT2D eigenvalue weighted by Crippen LogP contribution is -2.42. The Balaban J connectivity index is 1.81. The van der Waals surface area contributed by atoms with Crippen molar-refractivity contribution in [1.82, 2.24) is 18.6 Å². The summed E-state index contributed by atoms with van der Waals surface area (Å²) in [5.41, 5.74) is 1.92. The van der Waals surface area contributed by atoms with Crippen LogP contribution in [0.2, 0.25) is 0 Å². The zero-order valence-electron chi connectivity index (χ0n) is 13.8. The van der Waals surface area contributed by atoms with Crippen molar-refractivity contribution in [2.24, 2.45) is 0 Å². The van der Waals surface area contributed by atoms with Crippen LogP contribution in [-0.2, 0) is 16.8 Å². The number of rotatable bonds is 7. The molecule has 1 fully saturated rings. The Morgan fingerprint density at radius 1 is 1.46 bits per heavy atom. The molecule has 0 radical (unpaired) electrons. The van der Waals surface area contributed by atoms with Crippen LogP contribution in [0, 0.1) is 11.3 Å². The van der Waals surface area contributed by atoms with Crippen LogP contribution in [0.5, 0.6) is 0 Å². The van der Waals surface area contributed by atoms with E-state index >= 15 is 0 Å². The lowest BCUT2D eigenvalue weighted by Gasteiger charge is -2.22. The fraction of sp³-hybridized carbons (Fsp3) is 0.500. The fourth-order valence-electron chi connectivity index (χ4n) is 2.71. The number of nitriles is 1. The zero-order valence-corrected chi connectivity index (χ0v) is 14.6. The van der Waals surface area contributed by atoms with E-state index in [9.17, 15) is 8.42 Å². The molecule has 0 aliphatic heterocycles. The summed E-state index contributed by atoms with van der Waals surface area (Å²) in [6.07, 6.45) is 2.34. The van der Waals surface area contributed by atoms with Gasteiger partial charge in [0.05, 0.1) is 30.1 Å². The van der Waals surface area contributed by atoms with Gasteiger partial charge in [-0.15, -0.1) is 0 Å². The third-order valence-electron chi connectivity index (χ3n) is 4.38. The number of hydrogen-bond acceptors (Lipinski definition) is 4. The first-order valence-electron chi connectivity index (χ1n) is 7.99. The standard InChI is InChI=1S/C16H21N5O2S/c1-12(9-10-17)20(2)24(22,23)18-11-16-19-14-5-3-4-6-15(14)21(16)13-7-8-13/h3-6,12-13,18H,7-9,11H2,1-2H3/t12-/m1/s1. The molecule has 1 atom stereocenters. The average molecular weight is 347 g/mol. The predicted octanol–water partition coefficient (Wildman–Crippen LogP) is 1.94. The van der Waals surface area contributed by atoms with Gasteiger partial charge in [-0.1, -0.05) is 12.1 Å². The summed E-state index contributed by atoms with van der Waals surface area (Å²) in [7, 11) is -2.18. The summed E-state index contributed by atoms with van der Waals surface area (Å²) < 4.78 is 30.7. The minimum Gasteiger partial charge on any atom is -0.324 e. The molecule has 0 saturated heterocycles. The number of aromatic nitrogens is 2. The van der Waals surface area contributed by atoms with Crippen molar-refractivity contribution in [3.05, 3.63) is 30.1 Å². The molecule has 3 rings (SSSR count). The minimum absolute atomic E-state index is 0.136. The fourth-order valence-corrected chi connectivity index (χ4v) is 3.78. The van der Waals surface area contributed by atoms with E-state index in [1.165, 1.54) is 11.4 Å². The molecule has 1 aliphatic carbocycles. The number of fused-ring (bicyclic) bond motifs is 1. The van der Waals surface area contributed by atoms with Crippen molar-refractivity contribution >= 4 is 21.2 Å². The van der Waals surface area contributed by atoms with Crippen LogP contribution in [-0.4, -0.2) is 35.4 Å². The summed E-state index contributed by atoms with van der Waals surface area (Å²) in [5.74, 6) is 0.726. The maximum Gasteiger partial charge on any atom is 0.279 e. The Bertz CT molecular complexity index is 879. The highest BCUT2D eigenvalue weighted by molar-refractivity contribution is 7.87. The van der Waals surface area contributed by atoms with Gasteiger partial charge in [0.25, 0.3) is 10.2 Å². The summed E-state index contributed by atoms with van der Waals surface area (Å²) in [6.45, 7) is 1.85. The topological polar surface area (TPSA) is 91.0 Å². The van der Waals surface area contributed by atoms with Crippen LogP contribution >= 0.6 is 0 Å². The number of imidazole rings is 1. The highest BCUT2D eigenvalue weighted by atomic mass is 32.2. The Kier molecular flexibility index (Phi) is 4.58. The normalized spacial score (nSPS) is 16.4. The zero-order chi connectivity index (χ0) is 17.3. The highest BCUT2D eigenvalue weighted by Crippen LogP contribution is 2.38. The first-order chi connectivity index (χ1) is 11.4. The average Bonchev–Trinajstić information content (AvgIpc) is 3.32. The van der Waals surface area contributed by atoms with Gasteiger partial charge in [0.2, 0.25) is 0 Å². The second-order valence-electron chi connectivity index (χ2n) is 6.17. The molecule has 0 unspecified atom stereocenters. The second kappa shape index (κ2) is 6.51. The first kappa shape index (κ1) is 16.9. The molecule has 0 bridgehead atoms. The molecule has 7 nitrogen and oxygen atoms in total. The Morgan fingerprint density at radius 2 is 2.17 bits per heavy atom. The monoisotopic (exact) mass is 347 g/mol. The molecule has 1 N–H and O–H groups in total. The van der Waals surface area contributed by atoms with E-state index in [0.29, 0.717) is 6.04 Å². The van der Waals surface area contributed by atoms with Gasteiger partial charge < -0.3 is 4.57 Å². The van der Waals surface area contributed by atoms with E-state index in [0.717, 1.165) is 29.7 Å². The van der Waals surface area contributed by atoms with E-state index in [-0.39, 0.29) is 19.0 Å². The molecular weight excluding hydrogens is 326 g/mol. The molecule has 128 valence electrons. The van der Waals surface area contributed by atoms with Gasteiger partial charge in [-0.3, -0.25) is 0 Å². The Labute approximate surface area is 142 Å². The molecule has 24 heavy (non-hydrogen) atoms. The maximum absolute atomic E-state index is 12.4. The quantitative estimate of drug-likeness (QED) is 0.828. The lowest BCUT2D eigenvalue weighted by atomic mass is 10.3. The van der Waals surface area contributed by atoms with E-state index in [1.807, 2.05) is 30.3 Å². The molecule has 0 amide bonds. The van der Waals surface area contributed by atoms with Crippen molar-refractivity contribution in [3.63, 3.8) is 0 Å². The van der Waals surface area contributed by atoms with E-state index in [1.54, 1.807) is 6.92 Å². The van der Waals surface area contributed by atoms with Gasteiger partial charge >= 0.3 is 0 Å². The Morgan fingerprint density at radius 3 is 2.83 bits per heavy atom. The summed E-state index contributed by atoms with van der Waals surface area (Å²) in [5, 5.41) is 8.74. The third-order valence-corrected chi connectivity index (χ3v) is 6.01. The Hall–Kier alpha value is -1.95. The minimum atomic E-state index is -3.66. The highest BCUT2D eigenvalue weighted by Gasteiger charge is 2.29. The number of para-hydroxylation sites is 2. The van der Waals surface area contributed by atoms with Crippen LogP contribution in [0.4, 0.5) is 0 Å². The molecule has 1 aromatic carbocycles. The van der Waals surface area contributed by atoms with E-state index < -0.39 is 10.2 Å². The largest absolute Gasteiger partial charge is 0.324 e. The molecule has 2 aromatic rings. The molecule has 0 spiro atoms. The molecule has 1 saturated carbocycles. The molecular formula is C16H21N5O2S. The van der Waals surface area contributed by atoms with Gasteiger partial charge in [-0.05, 0) is 31.9 Å². The van der Waals surface area contributed by atoms with Crippen LogP contribution in [0.25, 0.3) is 11.0 Å². The molecule has 8 heteroatoms. The number of benzene rings is 1. The predicted molar refractivity (Wildman–Crippen MR) is 91.2 cm³/mol. The van der Waals surface area contributed by atoms with Gasteiger partial charge in [-0.25, -0.2) is 4.98 Å². The van der Waals surface area contributed by atoms with E-state index in [4.69, 9.17) is 5.26 Å². The molecule has 1 heterocycles. The van der Waals surface area contributed by atoms with Crippen LogP contribution in [0.1, 0.15) is 38.1 Å². The van der Waals surface area contributed by atoms with Crippen LogP contribution in [0.15, 0.2) is 24.3 Å². The number of hydrogen-bond donors (Lipinski definition) is 1. The maximum atomic E-state index is 12.4. The van der Waals surface area contributed by atoms with Gasteiger partial charge in [0.15, 0.2) is 0 Å². The summed E-state index contributed by atoms with van der Waals surface area (Å²) >= 11 is 0.